The summed E-state index contributed by atoms with van der Waals surface area (Å²) in [6.07, 6.45) is 1.95. The van der Waals surface area contributed by atoms with Crippen LogP contribution in [0.15, 0.2) is 28.0 Å². The predicted molar refractivity (Wildman–Crippen MR) is 65.3 cm³/mol. The molecule has 96 valence electrons. The first-order chi connectivity index (χ1) is 7.53. The summed E-state index contributed by atoms with van der Waals surface area (Å²) in [7, 11) is -7.19. The van der Waals surface area contributed by atoms with Gasteiger partial charge in [0.05, 0.1) is 9.79 Å². The number of rotatable bonds is 3. The molecule has 0 bridgehead atoms. The Morgan fingerprint density at radius 1 is 1.00 bits per heavy atom. The third-order valence-electron chi connectivity index (χ3n) is 2.29. The summed E-state index contributed by atoms with van der Waals surface area (Å²) < 4.78 is 46.1. The molecule has 17 heavy (non-hydrogen) atoms. The highest BCUT2D eigenvalue weighted by atomic mass is 32.2. The molecular weight excluding hydrogens is 262 g/mol. The molecular formula is C10H15NO4S2. The highest BCUT2D eigenvalue weighted by Gasteiger charge is 2.21. The fourth-order valence-electron chi connectivity index (χ4n) is 1.40. The largest absolute Gasteiger partial charge is 0.324 e. The Labute approximate surface area is 101 Å². The van der Waals surface area contributed by atoms with E-state index in [2.05, 4.69) is 0 Å². The quantitative estimate of drug-likeness (QED) is 0.869. The average molecular weight is 277 g/mol. The zero-order chi connectivity index (χ0) is 13.4. The molecule has 0 saturated carbocycles. The smallest absolute Gasteiger partial charge is 0.176 e. The molecule has 1 rings (SSSR count). The molecule has 0 radical (unpaired) electrons. The zero-order valence-corrected chi connectivity index (χ0v) is 11.5. The van der Waals surface area contributed by atoms with Crippen LogP contribution < -0.4 is 5.73 Å². The molecule has 1 aromatic rings. The Morgan fingerprint density at radius 2 is 1.47 bits per heavy atom. The first-order valence-corrected chi connectivity index (χ1v) is 8.61. The van der Waals surface area contributed by atoms with Gasteiger partial charge in [0.1, 0.15) is 0 Å². The summed E-state index contributed by atoms with van der Waals surface area (Å²) >= 11 is 0. The second-order valence-corrected chi connectivity index (χ2v) is 8.01. The van der Waals surface area contributed by atoms with Crippen LogP contribution in [0.2, 0.25) is 0 Å². The summed E-state index contributed by atoms with van der Waals surface area (Å²) in [5.74, 6) is 0. The van der Waals surface area contributed by atoms with E-state index in [1.165, 1.54) is 18.2 Å². The van der Waals surface area contributed by atoms with Crippen LogP contribution in [0.1, 0.15) is 18.5 Å². The van der Waals surface area contributed by atoms with Crippen LogP contribution in [0.3, 0.4) is 0 Å². The van der Waals surface area contributed by atoms with E-state index in [-0.39, 0.29) is 15.8 Å². The monoisotopic (exact) mass is 277 g/mol. The predicted octanol–water partition coefficient (Wildman–Crippen LogP) is 0.513. The summed E-state index contributed by atoms with van der Waals surface area (Å²) in [6.45, 7) is 1.70. The Morgan fingerprint density at radius 3 is 1.82 bits per heavy atom. The highest BCUT2D eigenvalue weighted by Crippen LogP contribution is 2.24. The average Bonchev–Trinajstić information content (AvgIpc) is 2.14. The summed E-state index contributed by atoms with van der Waals surface area (Å²) in [5, 5.41) is 0. The van der Waals surface area contributed by atoms with Crippen LogP contribution in [0, 0.1) is 0 Å². The third-order valence-corrected chi connectivity index (χ3v) is 4.71. The van der Waals surface area contributed by atoms with Crippen molar-refractivity contribution in [2.24, 2.45) is 5.73 Å². The Kier molecular flexibility index (Phi) is 3.66. The molecule has 7 heteroatoms. The van der Waals surface area contributed by atoms with Crippen LogP contribution in [0.25, 0.3) is 0 Å². The van der Waals surface area contributed by atoms with Crippen molar-refractivity contribution >= 4 is 19.7 Å². The Bertz CT molecular complexity index is 630. The van der Waals surface area contributed by atoms with Gasteiger partial charge in [-0.15, -0.1) is 0 Å². The van der Waals surface area contributed by atoms with E-state index >= 15 is 0 Å². The maximum Gasteiger partial charge on any atom is 0.176 e. The van der Waals surface area contributed by atoms with Crippen molar-refractivity contribution in [2.45, 2.75) is 22.8 Å². The normalized spacial score (nSPS) is 14.6. The van der Waals surface area contributed by atoms with Gasteiger partial charge in [0, 0.05) is 18.6 Å². The highest BCUT2D eigenvalue weighted by molar-refractivity contribution is 7.93. The van der Waals surface area contributed by atoms with Gasteiger partial charge in [0.25, 0.3) is 0 Å². The lowest BCUT2D eigenvalue weighted by Gasteiger charge is -2.11. The van der Waals surface area contributed by atoms with Crippen molar-refractivity contribution in [1.82, 2.24) is 0 Å². The zero-order valence-electron chi connectivity index (χ0n) is 9.84. The lowest BCUT2D eigenvalue weighted by atomic mass is 10.1. The van der Waals surface area contributed by atoms with E-state index in [0.29, 0.717) is 5.56 Å². The second kappa shape index (κ2) is 4.40. The molecule has 0 aliphatic rings. The molecule has 0 spiro atoms. The van der Waals surface area contributed by atoms with Gasteiger partial charge < -0.3 is 5.73 Å². The molecule has 0 fully saturated rings. The number of hydrogen-bond donors (Lipinski definition) is 1. The molecule has 0 amide bonds. The van der Waals surface area contributed by atoms with Gasteiger partial charge in [-0.3, -0.25) is 0 Å². The van der Waals surface area contributed by atoms with Gasteiger partial charge in [-0.25, -0.2) is 16.8 Å². The standard InChI is InChI=1S/C10H15NO4S2/c1-7(11)8-4-5-9(16(2,12)13)10(6-8)17(3,14)15/h4-7H,11H2,1-3H3. The lowest BCUT2D eigenvalue weighted by Crippen LogP contribution is -2.11. The van der Waals surface area contributed by atoms with E-state index in [1.807, 2.05) is 0 Å². The van der Waals surface area contributed by atoms with Crippen LogP contribution >= 0.6 is 0 Å². The maximum absolute atomic E-state index is 11.6. The van der Waals surface area contributed by atoms with Gasteiger partial charge in [0.15, 0.2) is 19.7 Å². The minimum absolute atomic E-state index is 0.190. The Hall–Kier alpha value is -0.920. The SMILES string of the molecule is CC(N)c1ccc(S(C)(=O)=O)c(S(C)(=O)=O)c1. The fourth-order valence-corrected chi connectivity index (χ4v) is 3.84. The van der Waals surface area contributed by atoms with E-state index < -0.39 is 19.7 Å². The number of benzene rings is 1. The molecule has 1 aromatic carbocycles. The van der Waals surface area contributed by atoms with Gasteiger partial charge >= 0.3 is 0 Å². The number of hydrogen-bond acceptors (Lipinski definition) is 5. The van der Waals surface area contributed by atoms with Crippen molar-refractivity contribution in [2.75, 3.05) is 12.5 Å². The molecule has 0 saturated heterocycles. The summed E-state index contributed by atoms with van der Waals surface area (Å²) in [5.41, 5.74) is 6.22. The van der Waals surface area contributed by atoms with Crippen LogP contribution in [-0.2, 0) is 19.7 Å². The minimum Gasteiger partial charge on any atom is -0.324 e. The fraction of sp³-hybridized carbons (Fsp3) is 0.400. The van der Waals surface area contributed by atoms with E-state index in [1.54, 1.807) is 6.92 Å². The van der Waals surface area contributed by atoms with E-state index in [9.17, 15) is 16.8 Å². The first kappa shape index (κ1) is 14.1. The molecule has 2 N–H and O–H groups in total. The molecule has 1 atom stereocenters. The number of nitrogens with two attached hydrogens (primary N) is 1. The molecule has 1 unspecified atom stereocenters. The van der Waals surface area contributed by atoms with Crippen LogP contribution in [0.4, 0.5) is 0 Å². The number of sulfone groups is 2. The van der Waals surface area contributed by atoms with E-state index in [0.717, 1.165) is 12.5 Å². The molecule has 5 nitrogen and oxygen atoms in total. The van der Waals surface area contributed by atoms with Crippen molar-refractivity contribution in [3.63, 3.8) is 0 Å². The maximum atomic E-state index is 11.6. The molecule has 0 heterocycles. The van der Waals surface area contributed by atoms with Gasteiger partial charge in [0.2, 0.25) is 0 Å². The summed E-state index contributed by atoms with van der Waals surface area (Å²) in [6, 6.07) is 3.76. The van der Waals surface area contributed by atoms with Gasteiger partial charge in [-0.05, 0) is 24.6 Å². The van der Waals surface area contributed by atoms with Crippen molar-refractivity contribution in [3.05, 3.63) is 23.8 Å². The van der Waals surface area contributed by atoms with E-state index in [4.69, 9.17) is 5.73 Å². The molecule has 0 aliphatic carbocycles. The molecule has 0 aliphatic heterocycles. The second-order valence-electron chi connectivity index (χ2n) is 4.04. The van der Waals surface area contributed by atoms with Crippen LogP contribution in [0.5, 0.6) is 0 Å². The minimum atomic E-state index is -3.61. The topological polar surface area (TPSA) is 94.3 Å². The van der Waals surface area contributed by atoms with Crippen molar-refractivity contribution < 1.29 is 16.8 Å². The van der Waals surface area contributed by atoms with Crippen molar-refractivity contribution in [3.8, 4) is 0 Å². The van der Waals surface area contributed by atoms with Crippen molar-refractivity contribution in [1.29, 1.82) is 0 Å². The third kappa shape index (κ3) is 3.27. The first-order valence-electron chi connectivity index (χ1n) is 4.83. The van der Waals surface area contributed by atoms with Gasteiger partial charge in [-0.1, -0.05) is 6.07 Å². The molecule has 0 aromatic heterocycles. The summed E-state index contributed by atoms with van der Waals surface area (Å²) in [4.78, 5) is -0.390. The lowest BCUT2D eigenvalue weighted by molar-refractivity contribution is 0.588. The van der Waals surface area contributed by atoms with Crippen LogP contribution in [-0.4, -0.2) is 29.3 Å². The Balaban J connectivity index is 3.67. The van der Waals surface area contributed by atoms with Gasteiger partial charge in [-0.2, -0.15) is 0 Å².